The molecule has 1 unspecified atom stereocenters. The van der Waals surface area contributed by atoms with Crippen molar-refractivity contribution in [2.45, 2.75) is 19.9 Å². The SMILES string of the molecule is Cc1ccc(C)c(C(N)c2ccsc2)c1. The molecule has 15 heavy (non-hydrogen) atoms. The smallest absolute Gasteiger partial charge is 0.0562 e. The second-order valence-electron chi connectivity index (χ2n) is 3.89. The van der Waals surface area contributed by atoms with E-state index in [1.54, 1.807) is 11.3 Å². The molecular formula is C13H15NS. The average molecular weight is 217 g/mol. The van der Waals surface area contributed by atoms with Gasteiger partial charge in [-0.25, -0.2) is 0 Å². The first-order valence-electron chi connectivity index (χ1n) is 5.03. The van der Waals surface area contributed by atoms with Crippen LogP contribution >= 0.6 is 11.3 Å². The maximum absolute atomic E-state index is 6.24. The zero-order valence-corrected chi connectivity index (χ0v) is 9.84. The van der Waals surface area contributed by atoms with E-state index in [9.17, 15) is 0 Å². The van der Waals surface area contributed by atoms with Gasteiger partial charge in [-0.1, -0.05) is 23.8 Å². The number of aryl methyl sites for hydroxylation is 2. The molecule has 0 saturated heterocycles. The van der Waals surface area contributed by atoms with E-state index in [4.69, 9.17) is 5.73 Å². The molecule has 1 aromatic heterocycles. The summed E-state index contributed by atoms with van der Waals surface area (Å²) in [6.45, 7) is 4.21. The number of nitrogens with two attached hydrogens (primary N) is 1. The summed E-state index contributed by atoms with van der Waals surface area (Å²) in [5.74, 6) is 0. The summed E-state index contributed by atoms with van der Waals surface area (Å²) >= 11 is 1.69. The summed E-state index contributed by atoms with van der Waals surface area (Å²) in [5.41, 5.74) is 11.2. The van der Waals surface area contributed by atoms with E-state index in [1.807, 2.05) is 0 Å². The van der Waals surface area contributed by atoms with Crippen LogP contribution < -0.4 is 5.73 Å². The van der Waals surface area contributed by atoms with Gasteiger partial charge in [0.15, 0.2) is 0 Å². The number of thiophene rings is 1. The van der Waals surface area contributed by atoms with Gasteiger partial charge in [0.1, 0.15) is 0 Å². The van der Waals surface area contributed by atoms with E-state index in [1.165, 1.54) is 22.3 Å². The van der Waals surface area contributed by atoms with Crippen LogP contribution in [0.3, 0.4) is 0 Å². The molecule has 2 rings (SSSR count). The van der Waals surface area contributed by atoms with Gasteiger partial charge in [0, 0.05) is 0 Å². The molecule has 0 aliphatic rings. The molecule has 78 valence electrons. The molecule has 0 amide bonds. The van der Waals surface area contributed by atoms with E-state index >= 15 is 0 Å². The summed E-state index contributed by atoms with van der Waals surface area (Å²) in [6.07, 6.45) is 0. The van der Waals surface area contributed by atoms with Crippen LogP contribution in [0.15, 0.2) is 35.0 Å². The van der Waals surface area contributed by atoms with Crippen LogP contribution in [0.4, 0.5) is 0 Å². The zero-order chi connectivity index (χ0) is 10.8. The Morgan fingerprint density at radius 3 is 2.67 bits per heavy atom. The Bertz CT molecular complexity index is 446. The standard InChI is InChI=1S/C13H15NS/c1-9-3-4-10(2)12(7-9)13(14)11-5-6-15-8-11/h3-8,13H,14H2,1-2H3. The van der Waals surface area contributed by atoms with Crippen molar-refractivity contribution >= 4 is 11.3 Å². The topological polar surface area (TPSA) is 26.0 Å². The first-order chi connectivity index (χ1) is 7.18. The molecule has 0 aliphatic carbocycles. The van der Waals surface area contributed by atoms with Crippen molar-refractivity contribution in [3.8, 4) is 0 Å². The van der Waals surface area contributed by atoms with Gasteiger partial charge in [0.2, 0.25) is 0 Å². The average Bonchev–Trinajstić information content (AvgIpc) is 2.74. The van der Waals surface area contributed by atoms with Crippen molar-refractivity contribution < 1.29 is 0 Å². The quantitative estimate of drug-likeness (QED) is 0.819. The van der Waals surface area contributed by atoms with E-state index in [-0.39, 0.29) is 6.04 Å². The Balaban J connectivity index is 2.41. The lowest BCUT2D eigenvalue weighted by molar-refractivity contribution is 0.865. The Morgan fingerprint density at radius 2 is 2.00 bits per heavy atom. The largest absolute Gasteiger partial charge is 0.320 e. The summed E-state index contributed by atoms with van der Waals surface area (Å²) in [5, 5.41) is 4.19. The first-order valence-corrected chi connectivity index (χ1v) is 5.97. The van der Waals surface area contributed by atoms with E-state index in [2.05, 4.69) is 48.9 Å². The minimum atomic E-state index is 0.0103. The first kappa shape index (κ1) is 10.4. The molecule has 1 aromatic carbocycles. The summed E-state index contributed by atoms with van der Waals surface area (Å²) < 4.78 is 0. The van der Waals surface area contributed by atoms with Crippen molar-refractivity contribution in [2.24, 2.45) is 5.73 Å². The third-order valence-electron chi connectivity index (χ3n) is 2.67. The highest BCUT2D eigenvalue weighted by Crippen LogP contribution is 2.25. The molecule has 2 N–H and O–H groups in total. The van der Waals surface area contributed by atoms with E-state index in [0.29, 0.717) is 0 Å². The van der Waals surface area contributed by atoms with Gasteiger partial charge < -0.3 is 5.73 Å². The number of hydrogen-bond acceptors (Lipinski definition) is 2. The lowest BCUT2D eigenvalue weighted by atomic mass is 9.96. The highest BCUT2D eigenvalue weighted by atomic mass is 32.1. The predicted molar refractivity (Wildman–Crippen MR) is 66.3 cm³/mol. The Kier molecular flexibility index (Phi) is 2.89. The highest BCUT2D eigenvalue weighted by Gasteiger charge is 2.11. The van der Waals surface area contributed by atoms with Crippen LogP contribution in [0.25, 0.3) is 0 Å². The van der Waals surface area contributed by atoms with Crippen LogP contribution in [0, 0.1) is 13.8 Å². The maximum atomic E-state index is 6.24. The maximum Gasteiger partial charge on any atom is 0.0562 e. The monoisotopic (exact) mass is 217 g/mol. The summed E-state index contributed by atoms with van der Waals surface area (Å²) in [4.78, 5) is 0. The molecular weight excluding hydrogens is 202 g/mol. The molecule has 0 radical (unpaired) electrons. The third kappa shape index (κ3) is 2.11. The minimum Gasteiger partial charge on any atom is -0.320 e. The molecule has 0 fully saturated rings. The number of hydrogen-bond donors (Lipinski definition) is 1. The van der Waals surface area contributed by atoms with Gasteiger partial charge in [-0.2, -0.15) is 11.3 Å². The fourth-order valence-electron chi connectivity index (χ4n) is 1.73. The Labute approximate surface area is 94.6 Å². The van der Waals surface area contributed by atoms with Crippen molar-refractivity contribution in [3.63, 3.8) is 0 Å². The fourth-order valence-corrected chi connectivity index (χ4v) is 2.42. The fraction of sp³-hybridized carbons (Fsp3) is 0.231. The highest BCUT2D eigenvalue weighted by molar-refractivity contribution is 7.08. The van der Waals surface area contributed by atoms with Crippen molar-refractivity contribution in [1.29, 1.82) is 0 Å². The third-order valence-corrected chi connectivity index (χ3v) is 3.37. The Morgan fingerprint density at radius 1 is 1.20 bits per heavy atom. The Hall–Kier alpha value is -1.12. The molecule has 0 bridgehead atoms. The molecule has 1 nitrogen and oxygen atoms in total. The molecule has 1 heterocycles. The summed E-state index contributed by atoms with van der Waals surface area (Å²) in [7, 11) is 0. The molecule has 2 heteroatoms. The van der Waals surface area contributed by atoms with Gasteiger partial charge in [-0.15, -0.1) is 0 Å². The molecule has 1 atom stereocenters. The van der Waals surface area contributed by atoms with Crippen molar-refractivity contribution in [3.05, 3.63) is 57.3 Å². The van der Waals surface area contributed by atoms with Gasteiger partial charge in [0.05, 0.1) is 6.04 Å². The number of rotatable bonds is 2. The number of benzene rings is 1. The molecule has 2 aromatic rings. The van der Waals surface area contributed by atoms with Crippen LogP contribution in [0.5, 0.6) is 0 Å². The predicted octanol–water partition coefficient (Wildman–Crippen LogP) is 3.41. The van der Waals surface area contributed by atoms with Crippen molar-refractivity contribution in [1.82, 2.24) is 0 Å². The van der Waals surface area contributed by atoms with Crippen LogP contribution in [-0.4, -0.2) is 0 Å². The second-order valence-corrected chi connectivity index (χ2v) is 4.67. The lowest BCUT2D eigenvalue weighted by Gasteiger charge is -2.14. The van der Waals surface area contributed by atoms with Gasteiger partial charge in [-0.05, 0) is 47.4 Å². The van der Waals surface area contributed by atoms with Crippen LogP contribution in [-0.2, 0) is 0 Å². The molecule has 0 aliphatic heterocycles. The summed E-state index contributed by atoms with van der Waals surface area (Å²) in [6, 6.07) is 8.54. The lowest BCUT2D eigenvalue weighted by Crippen LogP contribution is -2.12. The van der Waals surface area contributed by atoms with Gasteiger partial charge in [-0.3, -0.25) is 0 Å². The second kappa shape index (κ2) is 4.17. The van der Waals surface area contributed by atoms with Crippen LogP contribution in [0.1, 0.15) is 28.3 Å². The van der Waals surface area contributed by atoms with Crippen LogP contribution in [0.2, 0.25) is 0 Å². The minimum absolute atomic E-state index is 0.0103. The van der Waals surface area contributed by atoms with E-state index < -0.39 is 0 Å². The van der Waals surface area contributed by atoms with Gasteiger partial charge in [0.25, 0.3) is 0 Å². The molecule has 0 saturated carbocycles. The van der Waals surface area contributed by atoms with Gasteiger partial charge >= 0.3 is 0 Å². The van der Waals surface area contributed by atoms with E-state index in [0.717, 1.165) is 0 Å². The molecule has 0 spiro atoms. The van der Waals surface area contributed by atoms with Crippen molar-refractivity contribution in [2.75, 3.05) is 0 Å². The zero-order valence-electron chi connectivity index (χ0n) is 9.03. The normalized spacial score (nSPS) is 12.7.